The van der Waals surface area contributed by atoms with Crippen molar-refractivity contribution < 1.29 is 4.74 Å². The van der Waals surface area contributed by atoms with Crippen LogP contribution in [-0.2, 0) is 0 Å². The molecular weight excluding hydrogens is 280 g/mol. The molecule has 4 heteroatoms. The van der Waals surface area contributed by atoms with Gasteiger partial charge in [0.05, 0.1) is 11.3 Å². The third-order valence-electron chi connectivity index (χ3n) is 2.20. The molecule has 0 aliphatic heterocycles. The summed E-state index contributed by atoms with van der Waals surface area (Å²) in [7, 11) is 0. The van der Waals surface area contributed by atoms with Crippen molar-refractivity contribution in [3.05, 3.63) is 52.5 Å². The first kappa shape index (κ1) is 11.5. The number of nitriles is 1. The Morgan fingerprint density at radius 2 is 1.88 bits per heavy atom. The van der Waals surface area contributed by atoms with E-state index in [9.17, 15) is 0 Å². The molecule has 2 aromatic rings. The third-order valence-corrected chi connectivity index (χ3v) is 2.69. The fourth-order valence-corrected chi connectivity index (χ4v) is 1.73. The Bertz CT molecular complexity index is 590. The maximum atomic E-state index is 9.01. The van der Waals surface area contributed by atoms with Gasteiger partial charge < -0.3 is 10.5 Å². The van der Waals surface area contributed by atoms with E-state index in [-0.39, 0.29) is 0 Å². The van der Waals surface area contributed by atoms with Crippen LogP contribution in [0.25, 0.3) is 0 Å². The minimum Gasteiger partial charge on any atom is -0.454 e. The molecule has 84 valence electrons. The summed E-state index contributed by atoms with van der Waals surface area (Å²) >= 11 is 3.31. The first-order valence-electron chi connectivity index (χ1n) is 4.92. The van der Waals surface area contributed by atoms with Crippen molar-refractivity contribution in [2.75, 3.05) is 5.73 Å². The summed E-state index contributed by atoms with van der Waals surface area (Å²) < 4.78 is 6.45. The number of benzene rings is 2. The van der Waals surface area contributed by atoms with Crippen molar-refractivity contribution in [2.24, 2.45) is 0 Å². The van der Waals surface area contributed by atoms with Crippen molar-refractivity contribution in [3.8, 4) is 17.6 Å². The average molecular weight is 289 g/mol. The van der Waals surface area contributed by atoms with Gasteiger partial charge in [-0.15, -0.1) is 0 Å². The molecule has 0 unspecified atom stereocenters. The van der Waals surface area contributed by atoms with E-state index in [1.165, 1.54) is 0 Å². The fraction of sp³-hybridized carbons (Fsp3) is 0. The second-order valence-corrected chi connectivity index (χ2v) is 4.31. The van der Waals surface area contributed by atoms with E-state index in [2.05, 4.69) is 22.0 Å². The summed E-state index contributed by atoms with van der Waals surface area (Å²) in [6.45, 7) is 0. The summed E-state index contributed by atoms with van der Waals surface area (Å²) in [4.78, 5) is 0. The van der Waals surface area contributed by atoms with Gasteiger partial charge in [-0.2, -0.15) is 5.26 Å². The Morgan fingerprint density at radius 3 is 2.59 bits per heavy atom. The Morgan fingerprint density at radius 1 is 1.12 bits per heavy atom. The molecule has 0 aliphatic carbocycles. The van der Waals surface area contributed by atoms with Crippen molar-refractivity contribution in [1.29, 1.82) is 5.26 Å². The minimum atomic E-state index is 0.461. The lowest BCUT2D eigenvalue weighted by Crippen LogP contribution is -1.93. The Kier molecular flexibility index (Phi) is 3.31. The molecule has 17 heavy (non-hydrogen) atoms. The molecule has 2 aromatic carbocycles. The van der Waals surface area contributed by atoms with Crippen LogP contribution in [0.4, 0.5) is 5.69 Å². The van der Waals surface area contributed by atoms with Crippen LogP contribution in [0.5, 0.6) is 11.5 Å². The summed E-state index contributed by atoms with van der Waals surface area (Å²) in [6.07, 6.45) is 0. The minimum absolute atomic E-state index is 0.461. The molecule has 0 saturated carbocycles. The number of hydrogen-bond donors (Lipinski definition) is 1. The van der Waals surface area contributed by atoms with Gasteiger partial charge in [0.1, 0.15) is 17.6 Å². The van der Waals surface area contributed by atoms with E-state index in [0.29, 0.717) is 22.7 Å². The second kappa shape index (κ2) is 4.89. The van der Waals surface area contributed by atoms with Crippen LogP contribution in [0.3, 0.4) is 0 Å². The largest absolute Gasteiger partial charge is 0.454 e. The molecule has 2 N–H and O–H groups in total. The number of anilines is 1. The summed E-state index contributed by atoms with van der Waals surface area (Å²) in [5.41, 5.74) is 6.77. The highest BCUT2D eigenvalue weighted by atomic mass is 79.9. The summed E-state index contributed by atoms with van der Waals surface area (Å²) in [5, 5.41) is 9.01. The molecule has 0 atom stereocenters. The SMILES string of the molecule is N#Cc1cc(Br)ccc1Oc1ccccc1N. The smallest absolute Gasteiger partial charge is 0.150 e. The summed E-state index contributed by atoms with van der Waals surface area (Å²) in [6, 6.07) is 14.5. The zero-order chi connectivity index (χ0) is 12.3. The predicted molar refractivity (Wildman–Crippen MR) is 69.8 cm³/mol. The van der Waals surface area contributed by atoms with E-state index >= 15 is 0 Å². The Labute approximate surface area is 108 Å². The van der Waals surface area contributed by atoms with Crippen molar-refractivity contribution in [1.82, 2.24) is 0 Å². The van der Waals surface area contributed by atoms with Crippen LogP contribution in [0.1, 0.15) is 5.56 Å². The molecule has 0 radical (unpaired) electrons. The lowest BCUT2D eigenvalue weighted by Gasteiger charge is -2.09. The highest BCUT2D eigenvalue weighted by Crippen LogP contribution is 2.30. The van der Waals surface area contributed by atoms with E-state index in [1.54, 1.807) is 24.3 Å². The highest BCUT2D eigenvalue weighted by molar-refractivity contribution is 9.10. The van der Waals surface area contributed by atoms with Gasteiger partial charge in [-0.1, -0.05) is 28.1 Å². The molecule has 0 saturated heterocycles. The molecule has 3 nitrogen and oxygen atoms in total. The maximum Gasteiger partial charge on any atom is 0.150 e. The lowest BCUT2D eigenvalue weighted by atomic mass is 10.2. The van der Waals surface area contributed by atoms with Gasteiger partial charge in [0, 0.05) is 4.47 Å². The van der Waals surface area contributed by atoms with Crippen LogP contribution in [0, 0.1) is 11.3 Å². The molecule has 0 heterocycles. The Balaban J connectivity index is 2.37. The van der Waals surface area contributed by atoms with E-state index in [1.807, 2.05) is 18.2 Å². The predicted octanol–water partition coefficient (Wildman–Crippen LogP) is 3.70. The van der Waals surface area contributed by atoms with Crippen molar-refractivity contribution in [3.63, 3.8) is 0 Å². The molecule has 2 rings (SSSR count). The maximum absolute atomic E-state index is 9.01. The van der Waals surface area contributed by atoms with Gasteiger partial charge in [-0.3, -0.25) is 0 Å². The first-order valence-corrected chi connectivity index (χ1v) is 5.72. The normalized spacial score (nSPS) is 9.65. The molecule has 0 spiro atoms. The van der Waals surface area contributed by atoms with Gasteiger partial charge in [0.25, 0.3) is 0 Å². The summed E-state index contributed by atoms with van der Waals surface area (Å²) in [5.74, 6) is 1.04. The quantitative estimate of drug-likeness (QED) is 0.858. The molecule has 0 bridgehead atoms. The number of nitrogens with zero attached hydrogens (tertiary/aromatic N) is 1. The average Bonchev–Trinajstić information content (AvgIpc) is 2.34. The van der Waals surface area contributed by atoms with E-state index < -0.39 is 0 Å². The number of hydrogen-bond acceptors (Lipinski definition) is 3. The van der Waals surface area contributed by atoms with Crippen LogP contribution in [-0.4, -0.2) is 0 Å². The number of rotatable bonds is 2. The number of nitrogens with two attached hydrogens (primary N) is 1. The van der Waals surface area contributed by atoms with E-state index in [0.717, 1.165) is 4.47 Å². The van der Waals surface area contributed by atoms with Crippen LogP contribution in [0.15, 0.2) is 46.9 Å². The van der Waals surface area contributed by atoms with Crippen molar-refractivity contribution in [2.45, 2.75) is 0 Å². The van der Waals surface area contributed by atoms with Crippen LogP contribution >= 0.6 is 15.9 Å². The Hall–Kier alpha value is -1.99. The van der Waals surface area contributed by atoms with Crippen LogP contribution in [0.2, 0.25) is 0 Å². The highest BCUT2D eigenvalue weighted by Gasteiger charge is 2.06. The first-order chi connectivity index (χ1) is 8.20. The number of nitrogen functional groups attached to an aromatic ring is 1. The number of halogens is 1. The van der Waals surface area contributed by atoms with Gasteiger partial charge in [0.15, 0.2) is 0 Å². The molecular formula is C13H9BrN2O. The van der Waals surface area contributed by atoms with Gasteiger partial charge in [-0.25, -0.2) is 0 Å². The van der Waals surface area contributed by atoms with Crippen LogP contribution < -0.4 is 10.5 Å². The molecule has 0 amide bonds. The fourth-order valence-electron chi connectivity index (χ4n) is 1.37. The standard InChI is InChI=1S/C13H9BrN2O/c14-10-5-6-12(9(7-10)8-15)17-13-4-2-1-3-11(13)16/h1-7H,16H2. The van der Waals surface area contributed by atoms with Gasteiger partial charge in [-0.05, 0) is 30.3 Å². The molecule has 0 aromatic heterocycles. The van der Waals surface area contributed by atoms with Crippen molar-refractivity contribution >= 4 is 21.6 Å². The number of ether oxygens (including phenoxy) is 1. The zero-order valence-electron chi connectivity index (χ0n) is 8.85. The number of para-hydroxylation sites is 2. The monoisotopic (exact) mass is 288 g/mol. The topological polar surface area (TPSA) is 59.0 Å². The van der Waals surface area contributed by atoms with Gasteiger partial charge in [0.2, 0.25) is 0 Å². The lowest BCUT2D eigenvalue weighted by molar-refractivity contribution is 0.483. The zero-order valence-corrected chi connectivity index (χ0v) is 10.4. The second-order valence-electron chi connectivity index (χ2n) is 3.39. The van der Waals surface area contributed by atoms with Gasteiger partial charge >= 0.3 is 0 Å². The van der Waals surface area contributed by atoms with E-state index in [4.69, 9.17) is 15.7 Å². The molecule has 0 fully saturated rings. The molecule has 0 aliphatic rings. The third kappa shape index (κ3) is 2.58.